The standard InChI is InChI=1S/C19H24N4OS/c1-12(2)18-20-21-19(25-18)22-9-15-10-23(13(3)24)17(16(15)11-22)14-7-5-4-6-8-14/h4-8,12,15-17H,9-11H2,1-3H3/t15-,16-,17+/m1/s1. The molecule has 132 valence electrons. The summed E-state index contributed by atoms with van der Waals surface area (Å²) in [6.45, 7) is 8.74. The van der Waals surface area contributed by atoms with Gasteiger partial charge in [0.1, 0.15) is 5.01 Å². The molecule has 5 nitrogen and oxygen atoms in total. The van der Waals surface area contributed by atoms with E-state index in [-0.39, 0.29) is 11.9 Å². The number of anilines is 1. The fourth-order valence-electron chi connectivity index (χ4n) is 4.19. The zero-order valence-electron chi connectivity index (χ0n) is 14.9. The van der Waals surface area contributed by atoms with Crippen LogP contribution in [0, 0.1) is 11.8 Å². The first-order valence-corrected chi connectivity index (χ1v) is 9.76. The number of amides is 1. The van der Waals surface area contributed by atoms with E-state index in [2.05, 4.69) is 58.1 Å². The summed E-state index contributed by atoms with van der Waals surface area (Å²) < 4.78 is 0. The molecule has 6 heteroatoms. The third-order valence-electron chi connectivity index (χ3n) is 5.40. The summed E-state index contributed by atoms with van der Waals surface area (Å²) in [5.74, 6) is 1.55. The number of carbonyl (C=O) groups is 1. The van der Waals surface area contributed by atoms with E-state index in [4.69, 9.17) is 0 Å². The van der Waals surface area contributed by atoms with Gasteiger partial charge in [-0.25, -0.2) is 0 Å². The third-order valence-corrected chi connectivity index (χ3v) is 6.69. The van der Waals surface area contributed by atoms with E-state index in [1.807, 2.05) is 6.07 Å². The molecular formula is C19H24N4OS. The number of hydrogen-bond acceptors (Lipinski definition) is 5. The van der Waals surface area contributed by atoms with Crippen LogP contribution >= 0.6 is 11.3 Å². The van der Waals surface area contributed by atoms with E-state index in [9.17, 15) is 4.79 Å². The second-order valence-corrected chi connectivity index (χ2v) is 8.42. The molecule has 2 aliphatic rings. The van der Waals surface area contributed by atoms with E-state index >= 15 is 0 Å². The molecule has 3 atom stereocenters. The number of fused-ring (bicyclic) bond motifs is 1. The highest BCUT2D eigenvalue weighted by Crippen LogP contribution is 2.46. The predicted molar refractivity (Wildman–Crippen MR) is 99.8 cm³/mol. The minimum absolute atomic E-state index is 0.172. The summed E-state index contributed by atoms with van der Waals surface area (Å²) in [4.78, 5) is 16.6. The highest BCUT2D eigenvalue weighted by molar-refractivity contribution is 7.15. The Hall–Kier alpha value is -1.95. The van der Waals surface area contributed by atoms with Crippen LogP contribution in [0.4, 0.5) is 5.13 Å². The minimum atomic E-state index is 0.172. The van der Waals surface area contributed by atoms with E-state index in [1.54, 1.807) is 18.3 Å². The largest absolute Gasteiger partial charge is 0.346 e. The number of carbonyl (C=O) groups excluding carboxylic acids is 1. The average Bonchev–Trinajstić information content (AvgIpc) is 3.28. The van der Waals surface area contributed by atoms with Crippen molar-refractivity contribution in [2.24, 2.45) is 11.8 Å². The molecule has 2 aromatic rings. The van der Waals surface area contributed by atoms with Crippen molar-refractivity contribution in [3.05, 3.63) is 40.9 Å². The van der Waals surface area contributed by atoms with E-state index in [1.165, 1.54) is 5.56 Å². The van der Waals surface area contributed by atoms with Gasteiger partial charge in [-0.05, 0) is 5.56 Å². The first kappa shape index (κ1) is 16.5. The van der Waals surface area contributed by atoms with Gasteiger partial charge in [-0.2, -0.15) is 0 Å². The van der Waals surface area contributed by atoms with Gasteiger partial charge >= 0.3 is 0 Å². The molecule has 0 saturated carbocycles. The Morgan fingerprint density at radius 2 is 1.92 bits per heavy atom. The van der Waals surface area contributed by atoms with Crippen molar-refractivity contribution in [3.8, 4) is 0 Å². The molecule has 25 heavy (non-hydrogen) atoms. The SMILES string of the molecule is CC(=O)N1C[C@H]2CN(c3nnc(C(C)C)s3)C[C@H]2[C@@H]1c1ccccc1. The topological polar surface area (TPSA) is 49.3 Å². The van der Waals surface area contributed by atoms with Crippen LogP contribution in [0.15, 0.2) is 30.3 Å². The van der Waals surface area contributed by atoms with E-state index in [0.29, 0.717) is 17.8 Å². The van der Waals surface area contributed by atoms with Gasteiger partial charge in [0, 0.05) is 44.3 Å². The average molecular weight is 356 g/mol. The highest BCUT2D eigenvalue weighted by Gasteiger charge is 2.48. The van der Waals surface area contributed by atoms with Crippen molar-refractivity contribution in [2.45, 2.75) is 32.7 Å². The molecule has 2 aliphatic heterocycles. The number of rotatable bonds is 3. The second kappa shape index (κ2) is 6.41. The fourth-order valence-corrected chi connectivity index (χ4v) is 5.05. The number of hydrogen-bond donors (Lipinski definition) is 0. The maximum absolute atomic E-state index is 12.2. The van der Waals surface area contributed by atoms with Gasteiger partial charge in [0.05, 0.1) is 6.04 Å². The molecule has 0 radical (unpaired) electrons. The maximum atomic E-state index is 12.2. The molecular weight excluding hydrogens is 332 g/mol. The van der Waals surface area contributed by atoms with Gasteiger partial charge in [-0.1, -0.05) is 55.5 Å². The van der Waals surface area contributed by atoms with Gasteiger partial charge in [0.15, 0.2) is 0 Å². The molecule has 1 amide bonds. The van der Waals surface area contributed by atoms with Crippen LogP contribution in [0.2, 0.25) is 0 Å². The van der Waals surface area contributed by atoms with Gasteiger partial charge in [-0.3, -0.25) is 4.79 Å². The Kier molecular flexibility index (Phi) is 4.23. The molecule has 2 fully saturated rings. The molecule has 0 N–H and O–H groups in total. The minimum Gasteiger partial charge on any atom is -0.346 e. The summed E-state index contributed by atoms with van der Waals surface area (Å²) in [6.07, 6.45) is 0. The van der Waals surface area contributed by atoms with Crippen molar-refractivity contribution in [2.75, 3.05) is 24.5 Å². The van der Waals surface area contributed by atoms with Crippen LogP contribution in [0.1, 0.15) is 43.3 Å². The number of likely N-dealkylation sites (tertiary alicyclic amines) is 1. The number of aromatic nitrogens is 2. The molecule has 0 spiro atoms. The van der Waals surface area contributed by atoms with Gasteiger partial charge in [-0.15, -0.1) is 10.2 Å². The second-order valence-electron chi connectivity index (χ2n) is 7.43. The lowest BCUT2D eigenvalue weighted by Gasteiger charge is -2.29. The summed E-state index contributed by atoms with van der Waals surface area (Å²) in [7, 11) is 0. The third kappa shape index (κ3) is 2.92. The van der Waals surface area contributed by atoms with Crippen molar-refractivity contribution in [3.63, 3.8) is 0 Å². The lowest BCUT2D eigenvalue weighted by Crippen LogP contribution is -2.34. The summed E-state index contributed by atoms with van der Waals surface area (Å²) in [5, 5.41) is 10.9. The Balaban J connectivity index is 1.59. The Morgan fingerprint density at radius 1 is 1.16 bits per heavy atom. The van der Waals surface area contributed by atoms with Gasteiger partial charge in [0.2, 0.25) is 11.0 Å². The highest BCUT2D eigenvalue weighted by atomic mass is 32.1. The van der Waals surface area contributed by atoms with Crippen LogP contribution in [0.25, 0.3) is 0 Å². The maximum Gasteiger partial charge on any atom is 0.219 e. The molecule has 2 saturated heterocycles. The molecule has 1 aromatic carbocycles. The molecule has 0 bridgehead atoms. The molecule has 0 aliphatic carbocycles. The normalized spacial score (nSPS) is 25.7. The van der Waals surface area contributed by atoms with Gasteiger partial charge in [0.25, 0.3) is 0 Å². The van der Waals surface area contributed by atoms with E-state index in [0.717, 1.165) is 29.8 Å². The first-order valence-electron chi connectivity index (χ1n) is 8.95. The van der Waals surface area contributed by atoms with E-state index < -0.39 is 0 Å². The lowest BCUT2D eigenvalue weighted by molar-refractivity contribution is -0.130. The molecule has 4 rings (SSSR count). The summed E-state index contributed by atoms with van der Waals surface area (Å²) >= 11 is 1.70. The van der Waals surface area contributed by atoms with Crippen LogP contribution < -0.4 is 4.90 Å². The molecule has 0 unspecified atom stereocenters. The van der Waals surface area contributed by atoms with Crippen molar-refractivity contribution in [1.82, 2.24) is 15.1 Å². The van der Waals surface area contributed by atoms with Gasteiger partial charge < -0.3 is 9.80 Å². The summed E-state index contributed by atoms with van der Waals surface area (Å²) in [6, 6.07) is 10.6. The molecule has 1 aromatic heterocycles. The lowest BCUT2D eigenvalue weighted by atomic mass is 9.89. The Morgan fingerprint density at radius 3 is 2.56 bits per heavy atom. The predicted octanol–water partition coefficient (Wildman–Crippen LogP) is 3.32. The van der Waals surface area contributed by atoms with Crippen LogP contribution in [-0.4, -0.2) is 40.6 Å². The van der Waals surface area contributed by atoms with Crippen molar-refractivity contribution in [1.29, 1.82) is 0 Å². The number of benzene rings is 1. The van der Waals surface area contributed by atoms with Crippen molar-refractivity contribution >= 4 is 22.4 Å². The fraction of sp³-hybridized carbons (Fsp3) is 0.526. The van der Waals surface area contributed by atoms with Crippen LogP contribution in [0.5, 0.6) is 0 Å². The zero-order chi connectivity index (χ0) is 17.6. The first-order chi connectivity index (χ1) is 12.0. The number of nitrogens with zero attached hydrogens (tertiary/aromatic N) is 4. The quantitative estimate of drug-likeness (QED) is 0.846. The van der Waals surface area contributed by atoms with Crippen LogP contribution in [-0.2, 0) is 4.79 Å². The Labute approximate surface area is 152 Å². The zero-order valence-corrected chi connectivity index (χ0v) is 15.7. The summed E-state index contributed by atoms with van der Waals surface area (Å²) in [5.41, 5.74) is 1.24. The molecule has 3 heterocycles. The smallest absolute Gasteiger partial charge is 0.219 e. The monoisotopic (exact) mass is 356 g/mol. The van der Waals surface area contributed by atoms with Crippen LogP contribution in [0.3, 0.4) is 0 Å². The Bertz CT molecular complexity index is 760. The van der Waals surface area contributed by atoms with Crippen molar-refractivity contribution < 1.29 is 4.79 Å².